The van der Waals surface area contributed by atoms with Crippen molar-refractivity contribution in [1.82, 2.24) is 0 Å². The Morgan fingerprint density at radius 2 is 2.05 bits per heavy atom. The van der Waals surface area contributed by atoms with Crippen molar-refractivity contribution in [2.75, 3.05) is 0 Å². The molecule has 2 N–H and O–H groups in total. The van der Waals surface area contributed by atoms with Crippen molar-refractivity contribution < 1.29 is 0 Å². The summed E-state index contributed by atoms with van der Waals surface area (Å²) in [4.78, 5) is 1.36. The second-order valence-corrected chi connectivity index (χ2v) is 7.44. The third kappa shape index (κ3) is 4.35. The van der Waals surface area contributed by atoms with Crippen molar-refractivity contribution in [2.24, 2.45) is 5.73 Å². The summed E-state index contributed by atoms with van der Waals surface area (Å²) in [6, 6.07) is 13.0. The molecule has 0 radical (unpaired) electrons. The Bertz CT molecular complexity index is 498. The fourth-order valence-corrected chi connectivity index (χ4v) is 4.97. The first-order valence-electron chi connectivity index (χ1n) is 6.35. The van der Waals surface area contributed by atoms with Gasteiger partial charge in [0.25, 0.3) is 0 Å². The standard InChI is InChI=1S/C15H18BrNS2/c1-2-13(17)15(14-8-12(16)10-18-14)19-9-11-6-4-3-5-7-11/h3-8,10,13,15H,2,9,17H2,1H3. The Kier molecular flexibility index (Phi) is 5.95. The third-order valence-electron chi connectivity index (χ3n) is 3.00. The summed E-state index contributed by atoms with van der Waals surface area (Å²) in [6.45, 7) is 2.16. The molecule has 0 aliphatic heterocycles. The van der Waals surface area contributed by atoms with E-state index in [0.29, 0.717) is 5.25 Å². The van der Waals surface area contributed by atoms with E-state index in [1.807, 2.05) is 11.8 Å². The van der Waals surface area contributed by atoms with Crippen LogP contribution in [0.2, 0.25) is 0 Å². The maximum Gasteiger partial charge on any atom is 0.0545 e. The average Bonchev–Trinajstić information content (AvgIpc) is 2.86. The van der Waals surface area contributed by atoms with Crippen LogP contribution in [0.25, 0.3) is 0 Å². The molecular weight excluding hydrogens is 338 g/mol. The molecule has 0 fully saturated rings. The van der Waals surface area contributed by atoms with Gasteiger partial charge in [0.15, 0.2) is 0 Å². The minimum absolute atomic E-state index is 0.208. The van der Waals surface area contributed by atoms with Crippen LogP contribution in [-0.4, -0.2) is 6.04 Å². The fraction of sp³-hybridized carbons (Fsp3) is 0.333. The van der Waals surface area contributed by atoms with E-state index in [2.05, 4.69) is 64.6 Å². The first-order valence-corrected chi connectivity index (χ1v) is 9.08. The summed E-state index contributed by atoms with van der Waals surface area (Å²) in [7, 11) is 0. The summed E-state index contributed by atoms with van der Waals surface area (Å²) in [5.41, 5.74) is 7.65. The van der Waals surface area contributed by atoms with Gasteiger partial charge in [-0.2, -0.15) is 0 Å². The van der Waals surface area contributed by atoms with Gasteiger partial charge in [-0.1, -0.05) is 37.3 Å². The number of thiophene rings is 1. The average molecular weight is 356 g/mol. The highest BCUT2D eigenvalue weighted by molar-refractivity contribution is 9.10. The quantitative estimate of drug-likeness (QED) is 0.768. The van der Waals surface area contributed by atoms with Crippen LogP contribution in [0.4, 0.5) is 0 Å². The number of hydrogen-bond acceptors (Lipinski definition) is 3. The first kappa shape index (κ1) is 15.1. The topological polar surface area (TPSA) is 26.0 Å². The van der Waals surface area contributed by atoms with Gasteiger partial charge in [0.2, 0.25) is 0 Å². The zero-order valence-electron chi connectivity index (χ0n) is 10.9. The number of nitrogens with two attached hydrogens (primary N) is 1. The van der Waals surface area contributed by atoms with Crippen LogP contribution in [0.15, 0.2) is 46.3 Å². The van der Waals surface area contributed by atoms with Gasteiger partial charge >= 0.3 is 0 Å². The molecule has 1 aromatic heterocycles. The van der Waals surface area contributed by atoms with E-state index in [1.54, 1.807) is 11.3 Å². The minimum atomic E-state index is 0.208. The molecule has 2 atom stereocenters. The summed E-state index contributed by atoms with van der Waals surface area (Å²) in [5.74, 6) is 1.01. The van der Waals surface area contributed by atoms with Crippen LogP contribution in [0.5, 0.6) is 0 Å². The lowest BCUT2D eigenvalue weighted by Crippen LogP contribution is -2.25. The molecule has 0 amide bonds. The second-order valence-electron chi connectivity index (χ2n) is 4.46. The molecule has 1 nitrogen and oxygen atoms in total. The predicted octanol–water partition coefficient (Wildman–Crippen LogP) is 5.22. The van der Waals surface area contributed by atoms with Gasteiger partial charge < -0.3 is 5.73 Å². The molecule has 0 saturated heterocycles. The zero-order chi connectivity index (χ0) is 13.7. The molecule has 1 aromatic carbocycles. The number of thioether (sulfide) groups is 1. The molecule has 0 aliphatic rings. The van der Waals surface area contributed by atoms with Gasteiger partial charge in [0.05, 0.1) is 5.25 Å². The van der Waals surface area contributed by atoms with Crippen molar-refractivity contribution in [3.05, 3.63) is 56.7 Å². The Morgan fingerprint density at radius 1 is 1.32 bits per heavy atom. The van der Waals surface area contributed by atoms with E-state index in [0.717, 1.165) is 16.6 Å². The van der Waals surface area contributed by atoms with E-state index in [4.69, 9.17) is 5.73 Å². The summed E-state index contributed by atoms with van der Waals surface area (Å²) < 4.78 is 1.15. The SMILES string of the molecule is CCC(N)C(SCc1ccccc1)c1cc(Br)cs1. The molecule has 0 spiro atoms. The van der Waals surface area contributed by atoms with Crippen LogP contribution in [0.1, 0.15) is 29.0 Å². The van der Waals surface area contributed by atoms with Gasteiger partial charge in [-0.3, -0.25) is 0 Å². The number of halogens is 1. The molecule has 4 heteroatoms. The normalized spacial score (nSPS) is 14.3. The lowest BCUT2D eigenvalue weighted by Gasteiger charge is -2.21. The fourth-order valence-electron chi connectivity index (χ4n) is 1.87. The molecule has 102 valence electrons. The molecule has 0 saturated carbocycles. The third-order valence-corrected chi connectivity index (χ3v) is 6.39. The van der Waals surface area contributed by atoms with Crippen LogP contribution < -0.4 is 5.73 Å². The minimum Gasteiger partial charge on any atom is -0.326 e. The van der Waals surface area contributed by atoms with Crippen LogP contribution in [0, 0.1) is 0 Å². The summed E-state index contributed by atoms with van der Waals surface area (Å²) >= 11 is 7.25. The van der Waals surface area contributed by atoms with Gasteiger partial charge in [-0.15, -0.1) is 23.1 Å². The summed E-state index contributed by atoms with van der Waals surface area (Å²) in [6.07, 6.45) is 1.00. The predicted molar refractivity (Wildman–Crippen MR) is 90.8 cm³/mol. The van der Waals surface area contributed by atoms with Gasteiger partial charge in [0, 0.05) is 26.5 Å². The smallest absolute Gasteiger partial charge is 0.0545 e. The highest BCUT2D eigenvalue weighted by Crippen LogP contribution is 2.39. The van der Waals surface area contributed by atoms with Crippen molar-refractivity contribution >= 4 is 39.0 Å². The van der Waals surface area contributed by atoms with E-state index >= 15 is 0 Å². The Hall–Kier alpha value is -0.290. The molecule has 19 heavy (non-hydrogen) atoms. The zero-order valence-corrected chi connectivity index (χ0v) is 14.1. The maximum atomic E-state index is 6.29. The van der Waals surface area contributed by atoms with Crippen molar-refractivity contribution in [1.29, 1.82) is 0 Å². The van der Waals surface area contributed by atoms with Crippen LogP contribution >= 0.6 is 39.0 Å². The molecule has 0 bridgehead atoms. The van der Waals surface area contributed by atoms with Crippen molar-refractivity contribution in [2.45, 2.75) is 30.4 Å². The molecule has 2 aromatic rings. The van der Waals surface area contributed by atoms with Gasteiger partial charge in [0.1, 0.15) is 0 Å². The molecule has 0 aliphatic carbocycles. The lowest BCUT2D eigenvalue weighted by atomic mass is 10.1. The first-order chi connectivity index (χ1) is 9.20. The van der Waals surface area contributed by atoms with E-state index in [1.165, 1.54) is 10.4 Å². The highest BCUT2D eigenvalue weighted by Gasteiger charge is 2.20. The number of hydrogen-bond donors (Lipinski definition) is 1. The summed E-state index contributed by atoms with van der Waals surface area (Å²) in [5, 5.41) is 2.51. The second kappa shape index (κ2) is 7.48. The van der Waals surface area contributed by atoms with Crippen molar-refractivity contribution in [3.8, 4) is 0 Å². The van der Waals surface area contributed by atoms with Crippen LogP contribution in [-0.2, 0) is 5.75 Å². The Balaban J connectivity index is 2.06. The van der Waals surface area contributed by atoms with E-state index in [9.17, 15) is 0 Å². The lowest BCUT2D eigenvalue weighted by molar-refractivity contribution is 0.639. The molecule has 2 unspecified atom stereocenters. The van der Waals surface area contributed by atoms with Crippen LogP contribution in [0.3, 0.4) is 0 Å². The largest absolute Gasteiger partial charge is 0.326 e. The number of benzene rings is 1. The van der Waals surface area contributed by atoms with Gasteiger partial charge in [-0.05, 0) is 34.0 Å². The molecular formula is C15H18BrNS2. The molecule has 1 heterocycles. The molecule has 2 rings (SSSR count). The van der Waals surface area contributed by atoms with Gasteiger partial charge in [-0.25, -0.2) is 0 Å². The van der Waals surface area contributed by atoms with Crippen molar-refractivity contribution in [3.63, 3.8) is 0 Å². The number of rotatable bonds is 6. The Morgan fingerprint density at radius 3 is 2.63 bits per heavy atom. The Labute approximate surface area is 131 Å². The van der Waals surface area contributed by atoms with E-state index < -0.39 is 0 Å². The monoisotopic (exact) mass is 355 g/mol. The highest BCUT2D eigenvalue weighted by atomic mass is 79.9. The van der Waals surface area contributed by atoms with E-state index in [-0.39, 0.29) is 6.04 Å². The maximum absolute atomic E-state index is 6.29.